The first-order valence-corrected chi connectivity index (χ1v) is 10.0. The van der Waals surface area contributed by atoms with Gasteiger partial charge in [0.25, 0.3) is 0 Å². The van der Waals surface area contributed by atoms with E-state index < -0.39 is 0 Å². The molecule has 0 aromatic carbocycles. The zero-order valence-corrected chi connectivity index (χ0v) is 17.0. The molecule has 136 valence electrons. The van der Waals surface area contributed by atoms with E-state index in [0.717, 1.165) is 6.54 Å². The van der Waals surface area contributed by atoms with Crippen LogP contribution in [0.1, 0.15) is 96.8 Å². The van der Waals surface area contributed by atoms with E-state index in [9.17, 15) is 0 Å². The Hall–Kier alpha value is -0.240. The van der Waals surface area contributed by atoms with Crippen molar-refractivity contribution in [2.24, 2.45) is 0 Å². The topological polar surface area (TPSA) is 3.24 Å². The Morgan fingerprint density at radius 1 is 0.652 bits per heavy atom. The van der Waals surface area contributed by atoms with Crippen molar-refractivity contribution < 1.29 is 17.0 Å². The minimum atomic E-state index is 0. The van der Waals surface area contributed by atoms with Crippen LogP contribution < -0.4 is 17.0 Å². The average Bonchev–Trinajstić information content (AvgIpc) is 2.56. The fourth-order valence-corrected chi connectivity index (χ4v) is 3.18. The second-order valence-electron chi connectivity index (χ2n) is 6.86. The van der Waals surface area contributed by atoms with Crippen molar-refractivity contribution >= 4 is 0 Å². The van der Waals surface area contributed by atoms with E-state index >= 15 is 0 Å². The molecule has 23 heavy (non-hydrogen) atoms. The van der Waals surface area contributed by atoms with Crippen LogP contribution in [-0.4, -0.2) is 18.0 Å². The summed E-state index contributed by atoms with van der Waals surface area (Å²) in [6, 6.07) is 0. The maximum Gasteiger partial charge on any atom is 0.0357 e. The minimum absolute atomic E-state index is 0. The van der Waals surface area contributed by atoms with Crippen LogP contribution in [-0.2, 0) is 0 Å². The van der Waals surface area contributed by atoms with Crippen molar-refractivity contribution in [2.75, 3.05) is 13.1 Å². The van der Waals surface area contributed by atoms with Crippen molar-refractivity contribution in [1.82, 2.24) is 4.90 Å². The third kappa shape index (κ3) is 15.1. The van der Waals surface area contributed by atoms with Crippen LogP contribution in [0.3, 0.4) is 0 Å². The SMILES string of the molecule is CCCCCCCCCCCCCCCCN1C=CC=CC1.[Br-]. The summed E-state index contributed by atoms with van der Waals surface area (Å²) in [4.78, 5) is 2.42. The fraction of sp³-hybridized carbons (Fsp3) is 0.810. The Balaban J connectivity index is 0.00000484. The first kappa shape index (κ1) is 22.8. The molecule has 1 aliphatic rings. The van der Waals surface area contributed by atoms with Crippen molar-refractivity contribution in [3.63, 3.8) is 0 Å². The largest absolute Gasteiger partial charge is 1.00 e. The summed E-state index contributed by atoms with van der Waals surface area (Å²) in [5, 5.41) is 0. The van der Waals surface area contributed by atoms with Crippen LogP contribution in [0, 0.1) is 0 Å². The summed E-state index contributed by atoms with van der Waals surface area (Å²) >= 11 is 0. The van der Waals surface area contributed by atoms with Gasteiger partial charge in [0.15, 0.2) is 0 Å². The second kappa shape index (κ2) is 18.1. The normalized spacial score (nSPS) is 13.3. The predicted octanol–water partition coefficient (Wildman–Crippen LogP) is 3.86. The van der Waals surface area contributed by atoms with Crippen LogP contribution in [0.25, 0.3) is 0 Å². The molecule has 0 aromatic rings. The molecule has 1 heterocycles. The number of hydrogen-bond donors (Lipinski definition) is 0. The third-order valence-electron chi connectivity index (χ3n) is 4.68. The van der Waals surface area contributed by atoms with Gasteiger partial charge in [0, 0.05) is 13.1 Å². The third-order valence-corrected chi connectivity index (χ3v) is 4.68. The van der Waals surface area contributed by atoms with E-state index in [4.69, 9.17) is 0 Å². The van der Waals surface area contributed by atoms with E-state index in [-0.39, 0.29) is 17.0 Å². The van der Waals surface area contributed by atoms with Gasteiger partial charge in [-0.1, -0.05) is 103 Å². The Bertz CT molecular complexity index is 286. The molecule has 1 rings (SSSR count). The highest BCUT2D eigenvalue weighted by Crippen LogP contribution is 2.13. The molecular formula is C21H39BrN-. The summed E-state index contributed by atoms with van der Waals surface area (Å²) in [6.45, 7) is 4.63. The second-order valence-corrected chi connectivity index (χ2v) is 6.86. The van der Waals surface area contributed by atoms with E-state index in [0.29, 0.717) is 0 Å². The maximum absolute atomic E-state index is 2.42. The van der Waals surface area contributed by atoms with E-state index in [1.807, 2.05) is 0 Å². The molecule has 0 saturated heterocycles. The van der Waals surface area contributed by atoms with Gasteiger partial charge in [-0.05, 0) is 18.7 Å². The zero-order chi connectivity index (χ0) is 15.7. The number of unbranched alkanes of at least 4 members (excludes halogenated alkanes) is 13. The van der Waals surface area contributed by atoms with E-state index in [1.165, 1.54) is 96.4 Å². The van der Waals surface area contributed by atoms with Crippen LogP contribution in [0.4, 0.5) is 0 Å². The van der Waals surface area contributed by atoms with Gasteiger partial charge in [-0.3, -0.25) is 0 Å². The molecule has 0 N–H and O–H groups in total. The van der Waals surface area contributed by atoms with Crippen LogP contribution in [0.15, 0.2) is 24.4 Å². The predicted molar refractivity (Wildman–Crippen MR) is 100 cm³/mol. The number of hydrogen-bond acceptors (Lipinski definition) is 1. The summed E-state index contributed by atoms with van der Waals surface area (Å²) in [7, 11) is 0. The standard InChI is InChI=1S/C21H39N.BrH/c1-2-3-4-5-6-7-8-9-10-11-12-13-14-16-19-22-20-17-15-18-21-22;/h15,17-18,20H,2-14,16,19,21H2,1H3;1H/p-1. The smallest absolute Gasteiger partial charge is 0.0357 e. The highest BCUT2D eigenvalue weighted by Gasteiger charge is 1.99. The summed E-state index contributed by atoms with van der Waals surface area (Å²) < 4.78 is 0. The Kier molecular flexibility index (Phi) is 17.9. The molecule has 0 bridgehead atoms. The molecule has 0 atom stereocenters. The van der Waals surface area contributed by atoms with Crippen LogP contribution in [0.2, 0.25) is 0 Å². The summed E-state index contributed by atoms with van der Waals surface area (Å²) in [5.74, 6) is 0. The molecule has 0 aromatic heterocycles. The number of halogens is 1. The molecule has 0 aliphatic carbocycles. The number of nitrogens with zero attached hydrogens (tertiary/aromatic N) is 1. The highest BCUT2D eigenvalue weighted by atomic mass is 79.9. The van der Waals surface area contributed by atoms with Gasteiger partial charge in [0.1, 0.15) is 0 Å². The molecule has 0 amide bonds. The fourth-order valence-electron chi connectivity index (χ4n) is 3.18. The average molecular weight is 385 g/mol. The van der Waals surface area contributed by atoms with E-state index in [1.54, 1.807) is 0 Å². The maximum atomic E-state index is 2.42. The Morgan fingerprint density at radius 2 is 1.13 bits per heavy atom. The van der Waals surface area contributed by atoms with Gasteiger partial charge in [-0.2, -0.15) is 0 Å². The zero-order valence-electron chi connectivity index (χ0n) is 15.4. The summed E-state index contributed by atoms with van der Waals surface area (Å²) in [5.41, 5.74) is 0. The highest BCUT2D eigenvalue weighted by molar-refractivity contribution is 5.08. The first-order chi connectivity index (χ1) is 10.9. The monoisotopic (exact) mass is 384 g/mol. The molecule has 2 heteroatoms. The lowest BCUT2D eigenvalue weighted by Crippen LogP contribution is -3.00. The van der Waals surface area contributed by atoms with Crippen molar-refractivity contribution in [1.29, 1.82) is 0 Å². The van der Waals surface area contributed by atoms with Crippen molar-refractivity contribution in [3.05, 3.63) is 24.4 Å². The van der Waals surface area contributed by atoms with Gasteiger partial charge in [0.05, 0.1) is 0 Å². The molecular weight excluding hydrogens is 346 g/mol. The van der Waals surface area contributed by atoms with Gasteiger partial charge in [0.2, 0.25) is 0 Å². The summed E-state index contributed by atoms with van der Waals surface area (Å²) in [6.07, 6.45) is 28.9. The van der Waals surface area contributed by atoms with Crippen molar-refractivity contribution in [3.8, 4) is 0 Å². The lowest BCUT2D eigenvalue weighted by molar-refractivity contribution is -0.00000478. The van der Waals surface area contributed by atoms with Gasteiger partial charge in [-0.25, -0.2) is 0 Å². The van der Waals surface area contributed by atoms with Crippen LogP contribution >= 0.6 is 0 Å². The van der Waals surface area contributed by atoms with Crippen molar-refractivity contribution in [2.45, 2.75) is 96.8 Å². The Labute approximate surface area is 156 Å². The lowest BCUT2D eigenvalue weighted by atomic mass is 10.0. The number of allylic oxidation sites excluding steroid dienone is 2. The molecule has 0 spiro atoms. The van der Waals surface area contributed by atoms with Gasteiger partial charge < -0.3 is 21.9 Å². The molecule has 1 aliphatic heterocycles. The van der Waals surface area contributed by atoms with Gasteiger partial charge >= 0.3 is 0 Å². The molecule has 0 fully saturated rings. The molecule has 0 saturated carbocycles. The van der Waals surface area contributed by atoms with Crippen LogP contribution in [0.5, 0.6) is 0 Å². The lowest BCUT2D eigenvalue weighted by Gasteiger charge is -2.20. The molecule has 0 radical (unpaired) electrons. The Morgan fingerprint density at radius 3 is 1.57 bits per heavy atom. The minimum Gasteiger partial charge on any atom is -1.00 e. The molecule has 1 nitrogen and oxygen atoms in total. The first-order valence-electron chi connectivity index (χ1n) is 10.0. The van der Waals surface area contributed by atoms with E-state index in [2.05, 4.69) is 36.3 Å². The molecule has 0 unspecified atom stereocenters. The quantitative estimate of drug-likeness (QED) is 0.387. The van der Waals surface area contributed by atoms with Gasteiger partial charge in [-0.15, -0.1) is 0 Å². The number of rotatable bonds is 15.